The van der Waals surface area contributed by atoms with E-state index < -0.39 is 9.84 Å². The fourth-order valence-electron chi connectivity index (χ4n) is 2.27. The van der Waals surface area contributed by atoms with Crippen molar-refractivity contribution in [2.75, 3.05) is 11.6 Å². The van der Waals surface area contributed by atoms with Crippen LogP contribution in [0.5, 0.6) is 0 Å². The summed E-state index contributed by atoms with van der Waals surface area (Å²) in [5.41, 5.74) is 1.98. The summed E-state index contributed by atoms with van der Waals surface area (Å²) in [5, 5.41) is 3.31. The SMILES string of the molecule is CC(CCc1ccccc1)Nc1ccccc1S(C)(=O)=O. The molecule has 2 rings (SSSR count). The normalized spacial score (nSPS) is 12.9. The molecule has 1 unspecified atom stereocenters. The summed E-state index contributed by atoms with van der Waals surface area (Å²) >= 11 is 0. The smallest absolute Gasteiger partial charge is 0.177 e. The fraction of sp³-hybridized carbons (Fsp3) is 0.294. The lowest BCUT2D eigenvalue weighted by Crippen LogP contribution is -2.17. The van der Waals surface area contributed by atoms with Crippen LogP contribution in [0.25, 0.3) is 0 Å². The molecule has 0 heterocycles. The molecule has 1 N–H and O–H groups in total. The Hall–Kier alpha value is -1.81. The van der Waals surface area contributed by atoms with Crippen molar-refractivity contribution >= 4 is 15.5 Å². The van der Waals surface area contributed by atoms with Crippen molar-refractivity contribution in [3.05, 3.63) is 60.2 Å². The summed E-state index contributed by atoms with van der Waals surface area (Å²) in [6.45, 7) is 2.07. The third-order valence-corrected chi connectivity index (χ3v) is 4.55. The first kappa shape index (κ1) is 15.6. The number of para-hydroxylation sites is 1. The van der Waals surface area contributed by atoms with Crippen molar-refractivity contribution < 1.29 is 8.42 Å². The number of anilines is 1. The first-order valence-electron chi connectivity index (χ1n) is 7.06. The highest BCUT2D eigenvalue weighted by Gasteiger charge is 2.13. The average Bonchev–Trinajstić information content (AvgIpc) is 2.46. The topological polar surface area (TPSA) is 46.2 Å². The van der Waals surface area contributed by atoms with Gasteiger partial charge in [-0.15, -0.1) is 0 Å². The Kier molecular flexibility index (Phi) is 5.02. The molecule has 2 aromatic rings. The van der Waals surface area contributed by atoms with Gasteiger partial charge in [-0.2, -0.15) is 0 Å². The maximum absolute atomic E-state index is 11.8. The van der Waals surface area contributed by atoms with Gasteiger partial charge in [0, 0.05) is 12.3 Å². The van der Waals surface area contributed by atoms with Crippen molar-refractivity contribution in [2.45, 2.75) is 30.7 Å². The van der Waals surface area contributed by atoms with E-state index in [4.69, 9.17) is 0 Å². The van der Waals surface area contributed by atoms with Crippen molar-refractivity contribution in [1.82, 2.24) is 0 Å². The first-order chi connectivity index (χ1) is 9.97. The maximum atomic E-state index is 11.8. The Morgan fingerprint density at radius 2 is 1.62 bits per heavy atom. The zero-order valence-corrected chi connectivity index (χ0v) is 13.2. The summed E-state index contributed by atoms with van der Waals surface area (Å²) in [6.07, 6.45) is 3.15. The van der Waals surface area contributed by atoms with E-state index in [-0.39, 0.29) is 6.04 Å². The molecule has 0 aliphatic rings. The van der Waals surface area contributed by atoms with E-state index in [1.165, 1.54) is 11.8 Å². The van der Waals surface area contributed by atoms with Gasteiger partial charge in [0.25, 0.3) is 0 Å². The van der Waals surface area contributed by atoms with Gasteiger partial charge in [0.15, 0.2) is 9.84 Å². The molecular weight excluding hydrogens is 282 g/mol. The fourth-order valence-corrected chi connectivity index (χ4v) is 3.13. The Morgan fingerprint density at radius 3 is 2.29 bits per heavy atom. The predicted molar refractivity (Wildman–Crippen MR) is 87.4 cm³/mol. The number of nitrogens with one attached hydrogen (secondary N) is 1. The summed E-state index contributed by atoms with van der Waals surface area (Å²) in [7, 11) is -3.21. The third kappa shape index (κ3) is 4.60. The van der Waals surface area contributed by atoms with Gasteiger partial charge in [-0.1, -0.05) is 42.5 Å². The van der Waals surface area contributed by atoms with Gasteiger partial charge < -0.3 is 5.32 Å². The largest absolute Gasteiger partial charge is 0.382 e. The second kappa shape index (κ2) is 6.76. The highest BCUT2D eigenvalue weighted by molar-refractivity contribution is 7.90. The van der Waals surface area contributed by atoms with Gasteiger partial charge in [0.05, 0.1) is 10.6 Å². The van der Waals surface area contributed by atoms with E-state index in [9.17, 15) is 8.42 Å². The molecule has 0 aliphatic heterocycles. The van der Waals surface area contributed by atoms with Crippen LogP contribution in [-0.2, 0) is 16.3 Å². The molecule has 112 valence electrons. The van der Waals surface area contributed by atoms with Gasteiger partial charge in [-0.05, 0) is 37.5 Å². The molecule has 2 aromatic carbocycles. The predicted octanol–water partition coefficient (Wildman–Crippen LogP) is 3.52. The van der Waals surface area contributed by atoms with Crippen molar-refractivity contribution in [1.29, 1.82) is 0 Å². The lowest BCUT2D eigenvalue weighted by Gasteiger charge is -2.17. The summed E-state index contributed by atoms with van der Waals surface area (Å²) in [6, 6.07) is 17.5. The molecule has 4 heteroatoms. The molecule has 0 amide bonds. The quantitative estimate of drug-likeness (QED) is 0.888. The highest BCUT2D eigenvalue weighted by atomic mass is 32.2. The standard InChI is InChI=1S/C17H21NO2S/c1-14(12-13-15-8-4-3-5-9-15)18-16-10-6-7-11-17(16)21(2,19)20/h3-11,14,18H,12-13H2,1-2H3. The number of sulfone groups is 1. The summed E-state index contributed by atoms with van der Waals surface area (Å²) in [5.74, 6) is 0. The van der Waals surface area contributed by atoms with Crippen LogP contribution in [0.4, 0.5) is 5.69 Å². The zero-order valence-electron chi connectivity index (χ0n) is 12.4. The monoisotopic (exact) mass is 303 g/mol. The minimum Gasteiger partial charge on any atom is -0.382 e. The van der Waals surface area contributed by atoms with Crippen LogP contribution in [0.1, 0.15) is 18.9 Å². The zero-order chi connectivity index (χ0) is 15.3. The van der Waals surface area contributed by atoms with Gasteiger partial charge in [-0.3, -0.25) is 0 Å². The molecule has 0 aromatic heterocycles. The third-order valence-electron chi connectivity index (χ3n) is 3.40. The molecule has 0 radical (unpaired) electrons. The number of rotatable bonds is 6. The van der Waals surface area contributed by atoms with E-state index in [0.29, 0.717) is 10.6 Å². The van der Waals surface area contributed by atoms with Crippen LogP contribution < -0.4 is 5.32 Å². The first-order valence-corrected chi connectivity index (χ1v) is 8.95. The van der Waals surface area contributed by atoms with Gasteiger partial charge in [-0.25, -0.2) is 8.42 Å². The Balaban J connectivity index is 2.02. The minimum absolute atomic E-state index is 0.202. The molecule has 3 nitrogen and oxygen atoms in total. The minimum atomic E-state index is -3.21. The van der Waals surface area contributed by atoms with Gasteiger partial charge >= 0.3 is 0 Å². The van der Waals surface area contributed by atoms with Crippen LogP contribution in [0.2, 0.25) is 0 Å². The molecule has 0 fully saturated rings. The Bertz CT molecular complexity index is 681. The summed E-state index contributed by atoms with van der Waals surface area (Å²) < 4.78 is 23.5. The molecule has 1 atom stereocenters. The molecule has 21 heavy (non-hydrogen) atoms. The van der Waals surface area contributed by atoms with E-state index in [1.54, 1.807) is 12.1 Å². The number of benzene rings is 2. The molecule has 0 spiro atoms. The van der Waals surface area contributed by atoms with Crippen LogP contribution in [0, 0.1) is 0 Å². The second-order valence-electron chi connectivity index (χ2n) is 5.34. The average molecular weight is 303 g/mol. The van der Waals surface area contributed by atoms with E-state index in [0.717, 1.165) is 12.8 Å². The van der Waals surface area contributed by atoms with E-state index in [2.05, 4.69) is 24.4 Å². The maximum Gasteiger partial charge on any atom is 0.177 e. The number of hydrogen-bond donors (Lipinski definition) is 1. The second-order valence-corrected chi connectivity index (χ2v) is 7.32. The number of hydrogen-bond acceptors (Lipinski definition) is 3. The van der Waals surface area contributed by atoms with E-state index in [1.807, 2.05) is 30.3 Å². The highest BCUT2D eigenvalue weighted by Crippen LogP contribution is 2.22. The number of aryl methyl sites for hydroxylation is 1. The molecule has 0 saturated heterocycles. The van der Waals surface area contributed by atoms with Crippen LogP contribution >= 0.6 is 0 Å². The Morgan fingerprint density at radius 1 is 1.00 bits per heavy atom. The van der Waals surface area contributed by atoms with Crippen LogP contribution in [0.15, 0.2) is 59.5 Å². The lowest BCUT2D eigenvalue weighted by atomic mass is 10.1. The van der Waals surface area contributed by atoms with Crippen LogP contribution in [-0.4, -0.2) is 20.7 Å². The molecule has 0 saturated carbocycles. The van der Waals surface area contributed by atoms with Gasteiger partial charge in [0.1, 0.15) is 0 Å². The van der Waals surface area contributed by atoms with Crippen molar-refractivity contribution in [3.8, 4) is 0 Å². The van der Waals surface area contributed by atoms with Crippen LogP contribution in [0.3, 0.4) is 0 Å². The lowest BCUT2D eigenvalue weighted by molar-refractivity contribution is 0.601. The van der Waals surface area contributed by atoms with Crippen molar-refractivity contribution in [2.24, 2.45) is 0 Å². The molecular formula is C17H21NO2S. The molecule has 0 bridgehead atoms. The Labute approximate surface area is 126 Å². The molecule has 0 aliphatic carbocycles. The van der Waals surface area contributed by atoms with E-state index >= 15 is 0 Å². The van der Waals surface area contributed by atoms with Gasteiger partial charge in [0.2, 0.25) is 0 Å². The summed E-state index contributed by atoms with van der Waals surface area (Å²) in [4.78, 5) is 0.358. The van der Waals surface area contributed by atoms with Crippen molar-refractivity contribution in [3.63, 3.8) is 0 Å².